The van der Waals surface area contributed by atoms with Crippen molar-refractivity contribution in [3.8, 4) is 0 Å². The molecule has 0 spiro atoms. The summed E-state index contributed by atoms with van der Waals surface area (Å²) in [6.07, 6.45) is 0. The van der Waals surface area contributed by atoms with E-state index in [0.717, 1.165) is 70.6 Å². The Morgan fingerprint density at radius 3 is 2.48 bits per heavy atom. The van der Waals surface area contributed by atoms with Crippen molar-refractivity contribution < 1.29 is 9.13 Å². The molecule has 2 N–H and O–H groups in total. The van der Waals surface area contributed by atoms with Crippen LogP contribution in [0.2, 0.25) is 0 Å². The highest BCUT2D eigenvalue weighted by Gasteiger charge is 2.28. The van der Waals surface area contributed by atoms with Crippen molar-refractivity contribution in [3.63, 3.8) is 0 Å². The normalized spacial score (nSPS) is 15.9. The van der Waals surface area contributed by atoms with E-state index < -0.39 is 0 Å². The van der Waals surface area contributed by atoms with E-state index in [1.54, 1.807) is 0 Å². The molecule has 1 aliphatic heterocycles. The van der Waals surface area contributed by atoms with Gasteiger partial charge in [-0.1, -0.05) is 12.1 Å². The second-order valence-electron chi connectivity index (χ2n) is 7.90. The maximum Gasteiger partial charge on any atom is 0.191 e. The van der Waals surface area contributed by atoms with E-state index >= 15 is 0 Å². The summed E-state index contributed by atoms with van der Waals surface area (Å²) >= 11 is 0. The van der Waals surface area contributed by atoms with Crippen LogP contribution in [0.1, 0.15) is 26.3 Å². The Morgan fingerprint density at radius 2 is 1.86 bits per heavy atom. The molecule has 1 aliphatic rings. The Bertz CT molecular complexity index is 606. The van der Waals surface area contributed by atoms with Crippen molar-refractivity contribution in [3.05, 3.63) is 35.6 Å². The summed E-state index contributed by atoms with van der Waals surface area (Å²) in [4.78, 5) is 9.46. The number of likely N-dealkylation sites (N-methyl/N-ethyl adjacent to an activating group) is 1. The van der Waals surface area contributed by atoms with Gasteiger partial charge < -0.3 is 20.3 Å². The topological polar surface area (TPSA) is 52.1 Å². The maximum atomic E-state index is 13.0. The lowest BCUT2D eigenvalue weighted by Crippen LogP contribution is -2.52. The minimum atomic E-state index is -0.195. The number of nitrogens with zero attached hydrogens (tertiary/aromatic N) is 3. The average molecular weight is 521 g/mol. The van der Waals surface area contributed by atoms with Gasteiger partial charge in [0.2, 0.25) is 0 Å². The Hall–Kier alpha value is -0.970. The second kappa shape index (κ2) is 13.4. The van der Waals surface area contributed by atoms with Gasteiger partial charge in [0.05, 0.1) is 19.8 Å². The molecule has 8 heteroatoms. The van der Waals surface area contributed by atoms with E-state index in [9.17, 15) is 4.39 Å². The molecule has 0 unspecified atom stereocenters. The van der Waals surface area contributed by atoms with Crippen LogP contribution in [0.5, 0.6) is 0 Å². The molecular weight excluding hydrogens is 484 g/mol. The molecule has 1 fully saturated rings. The van der Waals surface area contributed by atoms with Crippen molar-refractivity contribution in [1.29, 1.82) is 0 Å². The summed E-state index contributed by atoms with van der Waals surface area (Å²) in [6, 6.07) is 6.68. The Labute approximate surface area is 192 Å². The SMILES string of the molecule is CCNC(=NCC(C)(C)N1CCOCC1)NCCN(C)Cc1ccc(F)cc1.I. The van der Waals surface area contributed by atoms with Gasteiger partial charge in [0, 0.05) is 44.8 Å². The summed E-state index contributed by atoms with van der Waals surface area (Å²) in [6.45, 7) is 14.1. The van der Waals surface area contributed by atoms with Crippen molar-refractivity contribution in [2.24, 2.45) is 4.99 Å². The fourth-order valence-corrected chi connectivity index (χ4v) is 3.23. The maximum absolute atomic E-state index is 13.0. The van der Waals surface area contributed by atoms with Crippen LogP contribution in [-0.2, 0) is 11.3 Å². The Morgan fingerprint density at radius 1 is 1.21 bits per heavy atom. The third-order valence-electron chi connectivity index (χ3n) is 4.99. The number of morpholine rings is 1. The fraction of sp³-hybridized carbons (Fsp3) is 0.667. The van der Waals surface area contributed by atoms with Gasteiger partial charge in [-0.3, -0.25) is 9.89 Å². The summed E-state index contributed by atoms with van der Waals surface area (Å²) in [7, 11) is 2.07. The number of nitrogens with one attached hydrogen (secondary N) is 2. The largest absolute Gasteiger partial charge is 0.379 e. The van der Waals surface area contributed by atoms with Crippen molar-refractivity contribution in [1.82, 2.24) is 20.4 Å². The molecule has 166 valence electrons. The molecule has 29 heavy (non-hydrogen) atoms. The van der Waals surface area contributed by atoms with Gasteiger partial charge in [0.25, 0.3) is 0 Å². The molecule has 1 aromatic rings. The lowest BCUT2D eigenvalue weighted by molar-refractivity contribution is -0.00683. The Kier molecular flexibility index (Phi) is 12.0. The summed E-state index contributed by atoms with van der Waals surface area (Å²) in [5.41, 5.74) is 1.11. The number of rotatable bonds is 9. The first-order valence-corrected chi connectivity index (χ1v) is 10.2. The number of guanidine groups is 1. The average Bonchev–Trinajstić information content (AvgIpc) is 2.68. The number of halogens is 2. The minimum absolute atomic E-state index is 0. The lowest BCUT2D eigenvalue weighted by atomic mass is 10.0. The lowest BCUT2D eigenvalue weighted by Gasteiger charge is -2.39. The molecule has 1 heterocycles. The van der Waals surface area contributed by atoms with Crippen molar-refractivity contribution in [2.45, 2.75) is 32.9 Å². The van der Waals surface area contributed by atoms with E-state index in [1.165, 1.54) is 12.1 Å². The van der Waals surface area contributed by atoms with Crippen LogP contribution >= 0.6 is 24.0 Å². The number of aliphatic imine (C=N–C) groups is 1. The van der Waals surface area contributed by atoms with Gasteiger partial charge in [-0.05, 0) is 45.5 Å². The second-order valence-corrected chi connectivity index (χ2v) is 7.90. The zero-order chi connectivity index (χ0) is 20.4. The van der Waals surface area contributed by atoms with Gasteiger partial charge in [-0.2, -0.15) is 0 Å². The molecule has 0 aromatic heterocycles. The molecule has 0 bridgehead atoms. The number of benzene rings is 1. The standard InChI is InChI=1S/C21H36FN5O.HI/c1-5-23-20(25-17-21(2,3)27-12-14-28-15-13-27)24-10-11-26(4)16-18-6-8-19(22)9-7-18;/h6-9H,5,10-17H2,1-4H3,(H2,23,24,25);1H. The highest BCUT2D eigenvalue weighted by atomic mass is 127. The molecule has 6 nitrogen and oxygen atoms in total. The third kappa shape index (κ3) is 9.59. The highest BCUT2D eigenvalue weighted by Crippen LogP contribution is 2.16. The van der Waals surface area contributed by atoms with E-state index in [-0.39, 0.29) is 35.3 Å². The smallest absolute Gasteiger partial charge is 0.191 e. The van der Waals surface area contributed by atoms with E-state index in [4.69, 9.17) is 9.73 Å². The highest BCUT2D eigenvalue weighted by molar-refractivity contribution is 14.0. The molecule has 1 saturated heterocycles. The zero-order valence-electron chi connectivity index (χ0n) is 18.2. The van der Waals surface area contributed by atoms with Crippen LogP contribution in [0.3, 0.4) is 0 Å². The molecule has 0 atom stereocenters. The summed E-state index contributed by atoms with van der Waals surface area (Å²) < 4.78 is 18.5. The quantitative estimate of drug-likeness (QED) is 0.297. The van der Waals surface area contributed by atoms with E-state index in [0.29, 0.717) is 0 Å². The summed E-state index contributed by atoms with van der Waals surface area (Å²) in [5.74, 6) is 0.651. The third-order valence-corrected chi connectivity index (χ3v) is 4.99. The molecule has 0 radical (unpaired) electrons. The first kappa shape index (κ1) is 26.1. The zero-order valence-corrected chi connectivity index (χ0v) is 20.5. The Balaban J connectivity index is 0.00000420. The molecule has 2 rings (SSSR count). The minimum Gasteiger partial charge on any atom is -0.379 e. The first-order valence-electron chi connectivity index (χ1n) is 10.2. The van der Waals surface area contributed by atoms with Crippen LogP contribution in [0.15, 0.2) is 29.3 Å². The first-order chi connectivity index (χ1) is 13.4. The molecular formula is C21H37FIN5O. The van der Waals surface area contributed by atoms with Crippen LogP contribution in [0.4, 0.5) is 4.39 Å². The van der Waals surface area contributed by atoms with E-state index in [2.05, 4.69) is 48.3 Å². The monoisotopic (exact) mass is 521 g/mol. The molecule has 0 aliphatic carbocycles. The number of hydrogen-bond acceptors (Lipinski definition) is 4. The van der Waals surface area contributed by atoms with Crippen molar-refractivity contribution in [2.75, 3.05) is 59.5 Å². The van der Waals surface area contributed by atoms with Gasteiger partial charge in [-0.25, -0.2) is 4.39 Å². The van der Waals surface area contributed by atoms with Crippen molar-refractivity contribution >= 4 is 29.9 Å². The van der Waals surface area contributed by atoms with Crippen LogP contribution < -0.4 is 10.6 Å². The van der Waals surface area contributed by atoms with Crippen LogP contribution in [-0.4, -0.2) is 80.8 Å². The fourth-order valence-electron chi connectivity index (χ4n) is 3.23. The van der Waals surface area contributed by atoms with E-state index in [1.807, 2.05) is 12.1 Å². The molecule has 0 amide bonds. The molecule has 1 aromatic carbocycles. The van der Waals surface area contributed by atoms with Gasteiger partial charge in [0.1, 0.15) is 5.82 Å². The predicted molar refractivity (Wildman–Crippen MR) is 129 cm³/mol. The van der Waals surface area contributed by atoms with Gasteiger partial charge >= 0.3 is 0 Å². The van der Waals surface area contributed by atoms with Gasteiger partial charge in [-0.15, -0.1) is 24.0 Å². The van der Waals surface area contributed by atoms with Crippen LogP contribution in [0.25, 0.3) is 0 Å². The van der Waals surface area contributed by atoms with Crippen LogP contribution in [0, 0.1) is 5.82 Å². The summed E-state index contributed by atoms with van der Waals surface area (Å²) in [5, 5.41) is 6.74. The predicted octanol–water partition coefficient (Wildman–Crippen LogP) is 2.54. The number of hydrogen-bond donors (Lipinski definition) is 2. The molecule has 0 saturated carbocycles. The number of ether oxygens (including phenoxy) is 1. The van der Waals surface area contributed by atoms with Gasteiger partial charge in [0.15, 0.2) is 5.96 Å².